The Morgan fingerprint density at radius 3 is 2.23 bits per heavy atom. The Morgan fingerprint density at radius 1 is 1.31 bits per heavy atom. The lowest BCUT2D eigenvalue weighted by atomic mass is 9.83. The van der Waals surface area contributed by atoms with Crippen LogP contribution in [0.15, 0.2) is 12.2 Å². The molecule has 1 aliphatic heterocycles. The molecule has 1 unspecified atom stereocenters. The monoisotopic (exact) mass is 184 g/mol. The smallest absolute Gasteiger partial charge is 0.0989 e. The van der Waals surface area contributed by atoms with Crippen LogP contribution in [0.5, 0.6) is 0 Å². The van der Waals surface area contributed by atoms with Crippen LogP contribution in [0.2, 0.25) is 0 Å². The summed E-state index contributed by atoms with van der Waals surface area (Å²) < 4.78 is 5.81. The van der Waals surface area contributed by atoms with Crippen LogP contribution in [0, 0.1) is 5.41 Å². The largest absolute Gasteiger partial charge is 0.386 e. The zero-order valence-electron chi connectivity index (χ0n) is 9.16. The van der Waals surface area contributed by atoms with E-state index in [9.17, 15) is 5.11 Å². The van der Waals surface area contributed by atoms with Gasteiger partial charge in [0.15, 0.2) is 0 Å². The second-order valence-corrected chi connectivity index (χ2v) is 5.36. The van der Waals surface area contributed by atoms with Gasteiger partial charge in [-0.3, -0.25) is 0 Å². The summed E-state index contributed by atoms with van der Waals surface area (Å²) in [6.07, 6.45) is 3.15. The Morgan fingerprint density at radius 2 is 1.85 bits per heavy atom. The Hall–Kier alpha value is -0.340. The lowest BCUT2D eigenvalue weighted by Crippen LogP contribution is -2.47. The second-order valence-electron chi connectivity index (χ2n) is 5.36. The number of ether oxygens (including phenoxy) is 1. The minimum atomic E-state index is -0.479. The Kier molecular flexibility index (Phi) is 2.56. The molecule has 0 aliphatic carbocycles. The molecule has 2 atom stereocenters. The third-order valence-electron chi connectivity index (χ3n) is 2.29. The fourth-order valence-corrected chi connectivity index (χ4v) is 1.56. The van der Waals surface area contributed by atoms with E-state index in [4.69, 9.17) is 4.74 Å². The molecule has 1 rings (SSSR count). The van der Waals surface area contributed by atoms with Crippen molar-refractivity contribution in [3.05, 3.63) is 12.2 Å². The first-order valence-corrected chi connectivity index (χ1v) is 4.78. The summed E-state index contributed by atoms with van der Waals surface area (Å²) in [5.41, 5.74) is -0.279. The van der Waals surface area contributed by atoms with E-state index in [1.54, 1.807) is 0 Å². The van der Waals surface area contributed by atoms with Crippen molar-refractivity contribution in [1.82, 2.24) is 0 Å². The Bertz CT molecular complexity index is 211. The van der Waals surface area contributed by atoms with Crippen molar-refractivity contribution in [3.8, 4) is 0 Å². The lowest BCUT2D eigenvalue weighted by Gasteiger charge is -2.41. The molecule has 1 heterocycles. The summed E-state index contributed by atoms with van der Waals surface area (Å²) in [5, 5.41) is 9.72. The van der Waals surface area contributed by atoms with Gasteiger partial charge in [-0.25, -0.2) is 0 Å². The highest BCUT2D eigenvalue weighted by atomic mass is 16.5. The minimum absolute atomic E-state index is 0.0263. The molecule has 0 aromatic rings. The van der Waals surface area contributed by atoms with Crippen LogP contribution in [-0.4, -0.2) is 22.9 Å². The van der Waals surface area contributed by atoms with Gasteiger partial charge in [0.05, 0.1) is 17.8 Å². The van der Waals surface area contributed by atoms with Gasteiger partial charge in [-0.05, 0) is 19.3 Å². The Balaban J connectivity index is 2.84. The average molecular weight is 184 g/mol. The summed E-state index contributed by atoms with van der Waals surface area (Å²) in [5.74, 6) is 0. The molecule has 0 spiro atoms. The van der Waals surface area contributed by atoms with Gasteiger partial charge in [0, 0.05) is 0 Å². The van der Waals surface area contributed by atoms with Gasteiger partial charge < -0.3 is 9.84 Å². The molecule has 0 aromatic carbocycles. The van der Waals surface area contributed by atoms with Gasteiger partial charge in [-0.1, -0.05) is 32.9 Å². The number of hydrogen-bond acceptors (Lipinski definition) is 2. The van der Waals surface area contributed by atoms with Crippen molar-refractivity contribution in [2.24, 2.45) is 5.41 Å². The summed E-state index contributed by atoms with van der Waals surface area (Å²) in [7, 11) is 0. The van der Waals surface area contributed by atoms with Gasteiger partial charge in [-0.2, -0.15) is 0 Å². The first-order chi connectivity index (χ1) is 5.72. The van der Waals surface area contributed by atoms with Crippen molar-refractivity contribution in [2.75, 3.05) is 0 Å². The topological polar surface area (TPSA) is 29.5 Å². The maximum atomic E-state index is 9.72. The Labute approximate surface area is 80.6 Å². The van der Waals surface area contributed by atoms with Gasteiger partial charge in [0.25, 0.3) is 0 Å². The standard InChI is InChI=1S/C11H20O2/c1-10(2,3)9-8(12)6-7-11(4,5)13-9/h6-9,12H,1-5H3/t8-,9?/m0/s1. The molecule has 0 fully saturated rings. The highest BCUT2D eigenvalue weighted by molar-refractivity contribution is 5.09. The van der Waals surface area contributed by atoms with E-state index in [-0.39, 0.29) is 17.1 Å². The normalized spacial score (nSPS) is 33.4. The number of aliphatic hydroxyl groups excluding tert-OH is 1. The summed E-state index contributed by atoms with van der Waals surface area (Å²) in [4.78, 5) is 0. The number of hydrogen-bond donors (Lipinski definition) is 1. The van der Waals surface area contributed by atoms with E-state index in [1.807, 2.05) is 26.0 Å². The highest BCUT2D eigenvalue weighted by Crippen LogP contribution is 2.33. The molecule has 2 heteroatoms. The van der Waals surface area contributed by atoms with Crippen molar-refractivity contribution in [1.29, 1.82) is 0 Å². The van der Waals surface area contributed by atoms with Crippen LogP contribution in [0.25, 0.3) is 0 Å². The third-order valence-corrected chi connectivity index (χ3v) is 2.29. The fraction of sp³-hybridized carbons (Fsp3) is 0.818. The van der Waals surface area contributed by atoms with Gasteiger partial charge in [-0.15, -0.1) is 0 Å². The van der Waals surface area contributed by atoms with Crippen LogP contribution in [0.4, 0.5) is 0 Å². The molecule has 0 aromatic heterocycles. The summed E-state index contributed by atoms with van der Waals surface area (Å²) in [6, 6.07) is 0. The van der Waals surface area contributed by atoms with E-state index >= 15 is 0 Å². The predicted octanol–water partition coefficient (Wildman–Crippen LogP) is 2.13. The maximum absolute atomic E-state index is 9.72. The van der Waals surface area contributed by atoms with Crippen LogP contribution < -0.4 is 0 Å². The van der Waals surface area contributed by atoms with E-state index in [1.165, 1.54) is 0 Å². The van der Waals surface area contributed by atoms with Crippen molar-refractivity contribution < 1.29 is 9.84 Å². The van der Waals surface area contributed by atoms with Gasteiger partial charge >= 0.3 is 0 Å². The van der Waals surface area contributed by atoms with E-state index < -0.39 is 6.10 Å². The molecule has 0 bridgehead atoms. The van der Waals surface area contributed by atoms with Crippen LogP contribution in [0.3, 0.4) is 0 Å². The first kappa shape index (κ1) is 10.7. The third kappa shape index (κ3) is 2.55. The lowest BCUT2D eigenvalue weighted by molar-refractivity contribution is -0.140. The molecule has 1 N–H and O–H groups in total. The molecular formula is C11H20O2. The van der Waals surface area contributed by atoms with Gasteiger partial charge in [0.2, 0.25) is 0 Å². The van der Waals surface area contributed by atoms with Crippen LogP contribution in [0.1, 0.15) is 34.6 Å². The van der Waals surface area contributed by atoms with Gasteiger partial charge in [0.1, 0.15) is 0 Å². The maximum Gasteiger partial charge on any atom is 0.0989 e. The van der Waals surface area contributed by atoms with Crippen molar-refractivity contribution >= 4 is 0 Å². The minimum Gasteiger partial charge on any atom is -0.386 e. The summed E-state index contributed by atoms with van der Waals surface area (Å²) in [6.45, 7) is 10.3. The molecule has 76 valence electrons. The summed E-state index contributed by atoms with van der Waals surface area (Å²) >= 11 is 0. The van der Waals surface area contributed by atoms with Crippen molar-refractivity contribution in [3.63, 3.8) is 0 Å². The number of aliphatic hydroxyl groups is 1. The van der Waals surface area contributed by atoms with E-state index in [0.29, 0.717) is 0 Å². The zero-order chi connectivity index (χ0) is 10.3. The number of rotatable bonds is 0. The SMILES string of the molecule is CC1(C)C=C[C@H](O)C(C(C)(C)C)O1. The van der Waals surface area contributed by atoms with E-state index in [0.717, 1.165) is 0 Å². The van der Waals surface area contributed by atoms with Crippen molar-refractivity contribution in [2.45, 2.75) is 52.4 Å². The van der Waals surface area contributed by atoms with E-state index in [2.05, 4.69) is 20.8 Å². The molecule has 13 heavy (non-hydrogen) atoms. The fourth-order valence-electron chi connectivity index (χ4n) is 1.56. The zero-order valence-corrected chi connectivity index (χ0v) is 9.16. The molecule has 1 aliphatic rings. The van der Waals surface area contributed by atoms with Crippen LogP contribution >= 0.6 is 0 Å². The molecular weight excluding hydrogens is 164 g/mol. The first-order valence-electron chi connectivity index (χ1n) is 4.78. The quantitative estimate of drug-likeness (QED) is 0.584. The van der Waals surface area contributed by atoms with Crippen LogP contribution in [-0.2, 0) is 4.74 Å². The molecule has 0 radical (unpaired) electrons. The molecule has 0 saturated heterocycles. The second kappa shape index (κ2) is 3.10. The molecule has 0 saturated carbocycles. The molecule has 2 nitrogen and oxygen atoms in total. The highest BCUT2D eigenvalue weighted by Gasteiger charge is 2.37. The molecule has 0 amide bonds. The average Bonchev–Trinajstić information content (AvgIpc) is 1.92. The predicted molar refractivity (Wildman–Crippen MR) is 53.6 cm³/mol.